The normalized spacial score (nSPS) is 19.6. The van der Waals surface area contributed by atoms with Crippen molar-refractivity contribution >= 4 is 11.8 Å². The van der Waals surface area contributed by atoms with E-state index in [1.807, 2.05) is 11.0 Å². The van der Waals surface area contributed by atoms with E-state index in [0.717, 1.165) is 43.7 Å². The van der Waals surface area contributed by atoms with Crippen LogP contribution in [0.25, 0.3) is 0 Å². The lowest BCUT2D eigenvalue weighted by Gasteiger charge is -2.33. The molecule has 7 nitrogen and oxygen atoms in total. The Balaban J connectivity index is 1.50. The van der Waals surface area contributed by atoms with E-state index in [-0.39, 0.29) is 18.4 Å². The predicted octanol–water partition coefficient (Wildman–Crippen LogP) is 1.66. The molecule has 2 N–H and O–H groups in total. The Morgan fingerprint density at radius 3 is 2.89 bits per heavy atom. The summed E-state index contributed by atoms with van der Waals surface area (Å²) in [5, 5.41) is 0. The molecular weight excluding hydrogens is 342 g/mol. The second-order valence-corrected chi connectivity index (χ2v) is 7.51. The summed E-state index contributed by atoms with van der Waals surface area (Å²) >= 11 is 0. The molecule has 2 aliphatic rings. The van der Waals surface area contributed by atoms with Gasteiger partial charge in [0, 0.05) is 43.3 Å². The molecule has 0 radical (unpaired) electrons. The number of hydrogen-bond donors (Lipinski definition) is 1. The largest absolute Gasteiger partial charge is 0.368 e. The van der Waals surface area contributed by atoms with Gasteiger partial charge in [0.25, 0.3) is 5.91 Å². The Hall–Kier alpha value is -2.70. The topological polar surface area (TPSA) is 94.1 Å². The Morgan fingerprint density at radius 1 is 1.19 bits per heavy atom. The van der Waals surface area contributed by atoms with Gasteiger partial charge < -0.3 is 15.2 Å². The fraction of sp³-hybridized carbons (Fsp3) is 0.500. The lowest BCUT2D eigenvalue weighted by atomic mass is 9.94. The van der Waals surface area contributed by atoms with Crippen LogP contribution >= 0.6 is 0 Å². The van der Waals surface area contributed by atoms with Crippen LogP contribution in [-0.2, 0) is 24.2 Å². The number of pyridine rings is 1. The molecule has 4 rings (SSSR count). The highest BCUT2D eigenvalue weighted by molar-refractivity contribution is 5.94. The molecular formula is C20H25N5O2. The van der Waals surface area contributed by atoms with Gasteiger partial charge in [-0.3, -0.25) is 14.6 Å². The van der Waals surface area contributed by atoms with E-state index in [1.54, 1.807) is 23.2 Å². The van der Waals surface area contributed by atoms with Crippen LogP contribution in [0.4, 0.5) is 0 Å². The summed E-state index contributed by atoms with van der Waals surface area (Å²) < 4.78 is 1.79. The van der Waals surface area contributed by atoms with Gasteiger partial charge in [0.2, 0.25) is 5.91 Å². The molecule has 0 spiro atoms. The number of carbonyl (C=O) groups is 2. The van der Waals surface area contributed by atoms with E-state index in [4.69, 9.17) is 5.73 Å². The Kier molecular flexibility index (Phi) is 4.92. The van der Waals surface area contributed by atoms with Crippen LogP contribution in [0.3, 0.4) is 0 Å². The van der Waals surface area contributed by atoms with Crippen molar-refractivity contribution in [3.05, 3.63) is 47.3 Å². The molecule has 1 aliphatic carbocycles. The number of piperidine rings is 1. The van der Waals surface area contributed by atoms with Gasteiger partial charge in [0.15, 0.2) is 0 Å². The van der Waals surface area contributed by atoms with E-state index in [1.165, 1.54) is 18.4 Å². The molecule has 2 aromatic rings. The average molecular weight is 367 g/mol. The molecule has 0 saturated carbocycles. The third-order valence-electron chi connectivity index (χ3n) is 5.56. The van der Waals surface area contributed by atoms with Crippen LogP contribution in [0.1, 0.15) is 59.0 Å². The first kappa shape index (κ1) is 17.7. The van der Waals surface area contributed by atoms with Crippen molar-refractivity contribution in [1.29, 1.82) is 0 Å². The number of hydrogen-bond acceptors (Lipinski definition) is 4. The van der Waals surface area contributed by atoms with E-state index >= 15 is 0 Å². The standard InChI is InChI=1S/C20H25N5O2/c21-18(26)13-24-9-7-22-19(24)15-5-3-8-25(12-15)20(27)16-10-14-4-1-2-6-17(14)23-11-16/h7,9-11,15H,1-6,8,12-13H2,(H2,21,26)/t15-/m1/s1. The SMILES string of the molecule is NC(=O)Cn1ccnc1[C@@H]1CCCN(C(=O)c2cnc3c(c2)CCCC3)C1. The third kappa shape index (κ3) is 3.72. The van der Waals surface area contributed by atoms with E-state index < -0.39 is 5.91 Å². The van der Waals surface area contributed by atoms with Crippen molar-refractivity contribution in [3.8, 4) is 0 Å². The number of aromatic nitrogens is 3. The Morgan fingerprint density at radius 2 is 2.04 bits per heavy atom. The number of fused-ring (bicyclic) bond motifs is 1. The first-order valence-electron chi connectivity index (χ1n) is 9.68. The molecule has 1 fully saturated rings. The molecule has 3 heterocycles. The summed E-state index contributed by atoms with van der Waals surface area (Å²) in [4.78, 5) is 35.2. The fourth-order valence-corrected chi connectivity index (χ4v) is 4.24. The zero-order valence-electron chi connectivity index (χ0n) is 15.4. The van der Waals surface area contributed by atoms with Gasteiger partial charge in [-0.05, 0) is 50.2 Å². The number of rotatable bonds is 4. The maximum absolute atomic E-state index is 13.0. The molecule has 2 aromatic heterocycles. The summed E-state index contributed by atoms with van der Waals surface area (Å²) in [5.74, 6) is 0.587. The second kappa shape index (κ2) is 7.50. The van der Waals surface area contributed by atoms with Gasteiger partial charge in [-0.25, -0.2) is 4.98 Å². The average Bonchev–Trinajstić information content (AvgIpc) is 3.14. The minimum atomic E-state index is -0.391. The number of likely N-dealkylation sites (tertiary alicyclic amines) is 1. The lowest BCUT2D eigenvalue weighted by Crippen LogP contribution is -2.40. The van der Waals surface area contributed by atoms with Crippen molar-refractivity contribution in [1.82, 2.24) is 19.4 Å². The van der Waals surface area contributed by atoms with Crippen molar-refractivity contribution in [2.45, 2.75) is 51.0 Å². The molecule has 0 bridgehead atoms. The molecule has 1 atom stereocenters. The number of primary amides is 1. The number of nitrogens with two attached hydrogens (primary N) is 1. The van der Waals surface area contributed by atoms with Gasteiger partial charge in [-0.2, -0.15) is 0 Å². The van der Waals surface area contributed by atoms with Crippen LogP contribution in [0, 0.1) is 0 Å². The maximum Gasteiger partial charge on any atom is 0.255 e. The number of carbonyl (C=O) groups excluding carboxylic acids is 2. The summed E-state index contributed by atoms with van der Waals surface area (Å²) in [5.41, 5.74) is 8.37. The predicted molar refractivity (Wildman–Crippen MR) is 100 cm³/mol. The molecule has 1 saturated heterocycles. The van der Waals surface area contributed by atoms with Crippen molar-refractivity contribution in [2.75, 3.05) is 13.1 Å². The van der Waals surface area contributed by atoms with Crippen LogP contribution in [-0.4, -0.2) is 44.3 Å². The fourth-order valence-electron chi connectivity index (χ4n) is 4.24. The molecule has 27 heavy (non-hydrogen) atoms. The van der Waals surface area contributed by atoms with Gasteiger partial charge in [-0.15, -0.1) is 0 Å². The quantitative estimate of drug-likeness (QED) is 0.889. The molecule has 0 unspecified atom stereocenters. The van der Waals surface area contributed by atoms with Gasteiger partial charge in [0.05, 0.1) is 5.56 Å². The summed E-state index contributed by atoms with van der Waals surface area (Å²) in [6.07, 6.45) is 11.4. The smallest absolute Gasteiger partial charge is 0.255 e. The van der Waals surface area contributed by atoms with Crippen LogP contribution in [0.15, 0.2) is 24.7 Å². The van der Waals surface area contributed by atoms with Gasteiger partial charge >= 0.3 is 0 Å². The summed E-state index contributed by atoms with van der Waals surface area (Å²) in [7, 11) is 0. The zero-order valence-corrected chi connectivity index (χ0v) is 15.4. The number of aryl methyl sites for hydroxylation is 2. The Labute approximate surface area is 158 Å². The number of imidazole rings is 1. The molecule has 0 aromatic carbocycles. The number of nitrogens with zero attached hydrogens (tertiary/aromatic N) is 4. The number of amides is 2. The van der Waals surface area contributed by atoms with Gasteiger partial charge in [-0.1, -0.05) is 0 Å². The van der Waals surface area contributed by atoms with Crippen LogP contribution < -0.4 is 5.73 Å². The van der Waals surface area contributed by atoms with Gasteiger partial charge in [0.1, 0.15) is 12.4 Å². The summed E-state index contributed by atoms with van der Waals surface area (Å²) in [6.45, 7) is 1.46. The van der Waals surface area contributed by atoms with Crippen LogP contribution in [0.5, 0.6) is 0 Å². The summed E-state index contributed by atoms with van der Waals surface area (Å²) in [6, 6.07) is 2.03. The highest BCUT2D eigenvalue weighted by Crippen LogP contribution is 2.27. The second-order valence-electron chi connectivity index (χ2n) is 7.51. The maximum atomic E-state index is 13.0. The minimum absolute atomic E-state index is 0.0357. The molecule has 2 amide bonds. The first-order chi connectivity index (χ1) is 13.1. The molecule has 7 heteroatoms. The highest BCUT2D eigenvalue weighted by Gasteiger charge is 2.28. The zero-order chi connectivity index (χ0) is 18.8. The van der Waals surface area contributed by atoms with Crippen LogP contribution in [0.2, 0.25) is 0 Å². The first-order valence-corrected chi connectivity index (χ1v) is 9.68. The molecule has 1 aliphatic heterocycles. The lowest BCUT2D eigenvalue weighted by molar-refractivity contribution is -0.118. The third-order valence-corrected chi connectivity index (χ3v) is 5.56. The monoisotopic (exact) mass is 367 g/mol. The van der Waals surface area contributed by atoms with Crippen molar-refractivity contribution in [3.63, 3.8) is 0 Å². The Bertz CT molecular complexity index is 860. The molecule has 142 valence electrons. The highest BCUT2D eigenvalue weighted by atomic mass is 16.2. The van der Waals surface area contributed by atoms with E-state index in [9.17, 15) is 9.59 Å². The van der Waals surface area contributed by atoms with Crippen molar-refractivity contribution in [2.24, 2.45) is 5.73 Å². The minimum Gasteiger partial charge on any atom is -0.368 e. The van der Waals surface area contributed by atoms with Crippen molar-refractivity contribution < 1.29 is 9.59 Å². The van der Waals surface area contributed by atoms with E-state index in [0.29, 0.717) is 12.1 Å². The van der Waals surface area contributed by atoms with E-state index in [2.05, 4.69) is 9.97 Å².